The van der Waals surface area contributed by atoms with Crippen LogP contribution >= 0.6 is 0 Å². The first-order valence-electron chi connectivity index (χ1n) is 5.75. The molecule has 0 radical (unpaired) electrons. The molecule has 0 saturated carbocycles. The lowest BCUT2D eigenvalue weighted by Crippen LogP contribution is -2.17. The van der Waals surface area contributed by atoms with Crippen LogP contribution in [0.15, 0.2) is 0 Å². The van der Waals surface area contributed by atoms with Crippen LogP contribution in [0.4, 0.5) is 0 Å². The van der Waals surface area contributed by atoms with Crippen LogP contribution in [0.5, 0.6) is 0 Å². The van der Waals surface area contributed by atoms with E-state index in [9.17, 15) is 0 Å². The summed E-state index contributed by atoms with van der Waals surface area (Å²) in [6, 6.07) is 0. The summed E-state index contributed by atoms with van der Waals surface area (Å²) in [7, 11) is 1.00. The molecule has 0 aromatic rings. The van der Waals surface area contributed by atoms with Crippen LogP contribution in [-0.2, 0) is 4.74 Å². The van der Waals surface area contributed by atoms with Gasteiger partial charge in [-0.3, -0.25) is 0 Å². The molecule has 0 bridgehead atoms. The Bertz CT molecular complexity index is 92.3. The summed E-state index contributed by atoms with van der Waals surface area (Å²) in [6.07, 6.45) is 6.33. The lowest BCUT2D eigenvalue weighted by atomic mass is 10.2. The zero-order chi connectivity index (χ0) is 11.9. The fraction of sp³-hybridized carbons (Fsp3) is 1.00. The molecule has 1 rings (SSSR count). The molecule has 0 spiro atoms. The Morgan fingerprint density at radius 1 is 1.25 bits per heavy atom. The smallest absolute Gasteiger partial charge is 0.154 e. The number of hydrogen-bond donors (Lipinski definition) is 3. The van der Waals surface area contributed by atoms with Crippen LogP contribution in [0.1, 0.15) is 52.9 Å². The first-order chi connectivity index (χ1) is 7.31. The highest BCUT2D eigenvalue weighted by molar-refractivity contribution is 4.50. The number of rotatable bonds is 3. The molecule has 1 heterocycles. The molecule has 0 aliphatic carbocycles. The molecule has 1 atom stereocenters. The maximum absolute atomic E-state index is 8.69. The maximum atomic E-state index is 8.69. The fourth-order valence-corrected chi connectivity index (χ4v) is 1.12. The molecule has 16 heavy (non-hydrogen) atoms. The third kappa shape index (κ3) is 19.4. The molecule has 1 aliphatic heterocycles. The summed E-state index contributed by atoms with van der Waals surface area (Å²) in [5, 5.41) is 15.7. The minimum absolute atomic E-state index is 0. The van der Waals surface area contributed by atoms with E-state index in [1.807, 2.05) is 0 Å². The molecule has 4 heteroatoms. The van der Waals surface area contributed by atoms with Crippen LogP contribution in [0, 0.1) is 0 Å². The number of hydrogen-bond acceptors (Lipinski definition) is 4. The van der Waals surface area contributed by atoms with Crippen molar-refractivity contribution in [3.8, 4) is 0 Å². The highest BCUT2D eigenvalue weighted by Crippen LogP contribution is 2.08. The minimum Gasteiger partial charge on any atom is -0.400 e. The molecule has 0 aromatic carbocycles. The average molecular weight is 237 g/mol. The predicted octanol–water partition coefficient (Wildman–Crippen LogP) is 1.89. The van der Waals surface area contributed by atoms with E-state index in [0.717, 1.165) is 39.5 Å². The normalized spacial score (nSPS) is 18.2. The number of aliphatic hydroxyl groups excluding tert-OH is 2. The van der Waals surface area contributed by atoms with Gasteiger partial charge in [0.2, 0.25) is 0 Å². The molecule has 0 aromatic heterocycles. The van der Waals surface area contributed by atoms with Gasteiger partial charge in [0.25, 0.3) is 0 Å². The van der Waals surface area contributed by atoms with Gasteiger partial charge in [0, 0.05) is 13.7 Å². The van der Waals surface area contributed by atoms with Crippen molar-refractivity contribution >= 4 is 0 Å². The molecule has 1 fully saturated rings. The molecule has 1 unspecified atom stereocenters. The van der Waals surface area contributed by atoms with Gasteiger partial charge in [-0.1, -0.05) is 27.2 Å². The van der Waals surface area contributed by atoms with Gasteiger partial charge in [-0.15, -0.1) is 0 Å². The maximum Gasteiger partial charge on any atom is 0.154 e. The standard InChI is InChI=1S/C5H13N.C5H10O2.CH4O.CH4/c1-2-3-4-5-6;6-5-3-1-2-4-7-5;1-2;/h2-6H2,1H3;5-6H,1-4H2;2H,1H3;1H4. The second-order valence-corrected chi connectivity index (χ2v) is 3.32. The Balaban J connectivity index is -0.000000175. The minimum atomic E-state index is -0.464. The summed E-state index contributed by atoms with van der Waals surface area (Å²) in [6.45, 7) is 3.77. The average Bonchev–Trinajstić information content (AvgIpc) is 2.31. The summed E-state index contributed by atoms with van der Waals surface area (Å²) >= 11 is 0. The van der Waals surface area contributed by atoms with Gasteiger partial charge in [0.05, 0.1) is 0 Å². The van der Waals surface area contributed by atoms with Crippen molar-refractivity contribution < 1.29 is 14.9 Å². The molecular formula is C12H31NO3. The highest BCUT2D eigenvalue weighted by atomic mass is 16.6. The molecule has 0 amide bonds. The molecule has 4 nitrogen and oxygen atoms in total. The van der Waals surface area contributed by atoms with Gasteiger partial charge in [-0.05, 0) is 32.2 Å². The van der Waals surface area contributed by atoms with Crippen LogP contribution in [-0.4, -0.2) is 36.8 Å². The monoisotopic (exact) mass is 237 g/mol. The van der Waals surface area contributed by atoms with Crippen molar-refractivity contribution in [2.45, 2.75) is 59.2 Å². The molecule has 102 valence electrons. The van der Waals surface area contributed by atoms with E-state index in [1.54, 1.807) is 0 Å². The largest absolute Gasteiger partial charge is 0.400 e. The Hall–Kier alpha value is -0.160. The lowest BCUT2D eigenvalue weighted by Gasteiger charge is -2.16. The van der Waals surface area contributed by atoms with Gasteiger partial charge in [0.1, 0.15) is 0 Å². The Morgan fingerprint density at radius 2 is 1.88 bits per heavy atom. The van der Waals surface area contributed by atoms with Crippen LogP contribution < -0.4 is 5.73 Å². The number of unbranched alkanes of at least 4 members (excludes halogenated alkanes) is 2. The Labute approximate surface area is 101 Å². The number of nitrogens with two attached hydrogens (primary N) is 1. The van der Waals surface area contributed by atoms with Gasteiger partial charge >= 0.3 is 0 Å². The summed E-state index contributed by atoms with van der Waals surface area (Å²) in [5.74, 6) is 0. The summed E-state index contributed by atoms with van der Waals surface area (Å²) < 4.78 is 4.83. The zero-order valence-corrected chi connectivity index (χ0v) is 10.1. The van der Waals surface area contributed by atoms with E-state index in [4.69, 9.17) is 20.7 Å². The summed E-state index contributed by atoms with van der Waals surface area (Å²) in [5.41, 5.74) is 5.21. The first-order valence-corrected chi connectivity index (χ1v) is 5.75. The van der Waals surface area contributed by atoms with Crippen molar-refractivity contribution in [2.75, 3.05) is 20.3 Å². The van der Waals surface area contributed by atoms with Crippen molar-refractivity contribution in [3.63, 3.8) is 0 Å². The predicted molar refractivity (Wildman–Crippen MR) is 69.3 cm³/mol. The first kappa shape index (κ1) is 21.2. The van der Waals surface area contributed by atoms with Crippen molar-refractivity contribution in [2.24, 2.45) is 5.73 Å². The van der Waals surface area contributed by atoms with E-state index in [0.29, 0.717) is 0 Å². The van der Waals surface area contributed by atoms with Gasteiger partial charge in [0.15, 0.2) is 6.29 Å². The van der Waals surface area contributed by atoms with Gasteiger partial charge in [-0.2, -0.15) is 0 Å². The number of ether oxygens (including phenoxy) is 1. The molecule has 4 N–H and O–H groups in total. The fourth-order valence-electron chi connectivity index (χ4n) is 1.12. The van der Waals surface area contributed by atoms with E-state index in [1.165, 1.54) is 19.3 Å². The lowest BCUT2D eigenvalue weighted by molar-refractivity contribution is -0.123. The third-order valence-corrected chi connectivity index (χ3v) is 1.96. The van der Waals surface area contributed by atoms with Gasteiger partial charge in [-0.25, -0.2) is 0 Å². The zero-order valence-electron chi connectivity index (χ0n) is 10.1. The Kier molecular flexibility index (Phi) is 26.8. The van der Waals surface area contributed by atoms with Crippen molar-refractivity contribution in [1.29, 1.82) is 0 Å². The van der Waals surface area contributed by atoms with Crippen LogP contribution in [0.25, 0.3) is 0 Å². The van der Waals surface area contributed by atoms with Crippen LogP contribution in [0.3, 0.4) is 0 Å². The van der Waals surface area contributed by atoms with Crippen LogP contribution in [0.2, 0.25) is 0 Å². The van der Waals surface area contributed by atoms with Crippen molar-refractivity contribution in [1.82, 2.24) is 0 Å². The molecular weight excluding hydrogens is 206 g/mol. The topological polar surface area (TPSA) is 75.7 Å². The van der Waals surface area contributed by atoms with E-state index < -0.39 is 6.29 Å². The van der Waals surface area contributed by atoms with E-state index in [-0.39, 0.29) is 7.43 Å². The van der Waals surface area contributed by atoms with Crippen molar-refractivity contribution in [3.05, 3.63) is 0 Å². The highest BCUT2D eigenvalue weighted by Gasteiger charge is 2.07. The second-order valence-electron chi connectivity index (χ2n) is 3.32. The van der Waals surface area contributed by atoms with Gasteiger partial charge < -0.3 is 20.7 Å². The van der Waals surface area contributed by atoms with E-state index >= 15 is 0 Å². The molecule has 1 aliphatic rings. The quantitative estimate of drug-likeness (QED) is 0.655. The molecule has 1 saturated heterocycles. The number of aliphatic hydroxyl groups is 2. The van der Waals surface area contributed by atoms with E-state index in [2.05, 4.69) is 6.92 Å². The second kappa shape index (κ2) is 20.3. The SMILES string of the molecule is C.CCCCCN.CO.OC1CCCCO1. The summed E-state index contributed by atoms with van der Waals surface area (Å²) in [4.78, 5) is 0. The third-order valence-electron chi connectivity index (χ3n) is 1.96. The Morgan fingerprint density at radius 3 is 2.06 bits per heavy atom.